The number of likely N-dealkylation sites (tertiary alicyclic amines) is 1. The highest BCUT2D eigenvalue weighted by Crippen LogP contribution is 2.14. The summed E-state index contributed by atoms with van der Waals surface area (Å²) in [5.41, 5.74) is -1.14. The molecule has 0 aromatic carbocycles. The van der Waals surface area contributed by atoms with E-state index in [-0.39, 0.29) is 6.04 Å². The Morgan fingerprint density at radius 3 is 2.00 bits per heavy atom. The van der Waals surface area contributed by atoms with Crippen molar-refractivity contribution in [3.05, 3.63) is 0 Å². The van der Waals surface area contributed by atoms with Crippen LogP contribution in [0.4, 0.5) is 9.59 Å². The maximum absolute atomic E-state index is 12.2. The van der Waals surface area contributed by atoms with Gasteiger partial charge in [0.15, 0.2) is 0 Å². The topological polar surface area (TPSA) is 79.9 Å². The van der Waals surface area contributed by atoms with Crippen LogP contribution in [0.3, 0.4) is 0 Å². The molecule has 1 rings (SSSR count). The van der Waals surface area contributed by atoms with E-state index in [0.717, 1.165) is 25.9 Å². The maximum Gasteiger partial charge on any atom is 0.408 e. The number of hydrogen-bond donors (Lipinski definition) is 2. The molecule has 1 saturated heterocycles. The van der Waals surface area contributed by atoms with Crippen LogP contribution in [0.15, 0.2) is 0 Å². The standard InChI is InChI=1S/C19H35N3O4S/c1-18(2,3)25-16(23)20-11-10-14(21-17(24)26-19(4,5)6)15(27)22-12-8-7-9-13-22/h14H,7-13H2,1-6H3,(H,20,23)(H,21,24)/t14-/m0/s1. The van der Waals surface area contributed by atoms with Crippen LogP contribution in [0, 0.1) is 0 Å². The third-order valence-corrected chi connectivity index (χ3v) is 4.30. The van der Waals surface area contributed by atoms with Crippen molar-refractivity contribution in [3.8, 4) is 0 Å². The molecule has 156 valence electrons. The monoisotopic (exact) mass is 401 g/mol. The van der Waals surface area contributed by atoms with E-state index in [4.69, 9.17) is 21.7 Å². The summed E-state index contributed by atoms with van der Waals surface area (Å²) in [6.45, 7) is 13.0. The number of alkyl carbamates (subject to hydrolysis) is 2. The van der Waals surface area contributed by atoms with Crippen LogP contribution in [-0.4, -0.2) is 59.0 Å². The first-order chi connectivity index (χ1) is 12.4. The Morgan fingerprint density at radius 1 is 0.963 bits per heavy atom. The molecule has 1 aliphatic heterocycles. The molecular weight excluding hydrogens is 366 g/mol. The smallest absolute Gasteiger partial charge is 0.408 e. The number of carbonyl (C=O) groups excluding carboxylic acids is 2. The van der Waals surface area contributed by atoms with Gasteiger partial charge in [0.25, 0.3) is 0 Å². The fourth-order valence-electron chi connectivity index (χ4n) is 2.67. The number of amides is 2. The van der Waals surface area contributed by atoms with E-state index < -0.39 is 23.4 Å². The average Bonchev–Trinajstić information content (AvgIpc) is 2.50. The molecule has 0 aliphatic carbocycles. The zero-order chi connectivity index (χ0) is 20.7. The molecule has 1 atom stereocenters. The number of carbonyl (C=O) groups is 2. The molecule has 27 heavy (non-hydrogen) atoms. The summed E-state index contributed by atoms with van der Waals surface area (Å²) >= 11 is 5.63. The minimum absolute atomic E-state index is 0.337. The maximum atomic E-state index is 12.2. The highest BCUT2D eigenvalue weighted by Gasteiger charge is 2.26. The Morgan fingerprint density at radius 2 is 1.48 bits per heavy atom. The second-order valence-corrected chi connectivity index (χ2v) is 9.22. The van der Waals surface area contributed by atoms with Gasteiger partial charge in [-0.05, 0) is 67.2 Å². The largest absolute Gasteiger partial charge is 0.444 e. The molecule has 0 aromatic heterocycles. The Bertz CT molecular complexity index is 520. The van der Waals surface area contributed by atoms with Gasteiger partial charge in [0.2, 0.25) is 0 Å². The molecule has 0 aromatic rings. The summed E-state index contributed by atoms with van der Waals surface area (Å²) in [6, 6.07) is -0.386. The van der Waals surface area contributed by atoms with Crippen molar-refractivity contribution in [2.45, 2.75) is 84.5 Å². The lowest BCUT2D eigenvalue weighted by atomic mass is 10.1. The number of piperidine rings is 1. The van der Waals surface area contributed by atoms with Gasteiger partial charge >= 0.3 is 12.2 Å². The van der Waals surface area contributed by atoms with Crippen LogP contribution >= 0.6 is 12.2 Å². The average molecular weight is 402 g/mol. The molecule has 0 unspecified atom stereocenters. The van der Waals surface area contributed by atoms with Gasteiger partial charge < -0.3 is 25.0 Å². The zero-order valence-electron chi connectivity index (χ0n) is 17.5. The lowest BCUT2D eigenvalue weighted by Gasteiger charge is -2.33. The minimum Gasteiger partial charge on any atom is -0.444 e. The van der Waals surface area contributed by atoms with Crippen molar-refractivity contribution < 1.29 is 19.1 Å². The Hall–Kier alpha value is -1.57. The van der Waals surface area contributed by atoms with Crippen LogP contribution in [0.1, 0.15) is 67.2 Å². The normalized spacial score (nSPS) is 16.3. The summed E-state index contributed by atoms with van der Waals surface area (Å²) in [6.07, 6.45) is 2.86. The number of ether oxygens (including phenoxy) is 2. The van der Waals surface area contributed by atoms with E-state index in [1.165, 1.54) is 6.42 Å². The molecule has 1 aliphatic rings. The van der Waals surface area contributed by atoms with Crippen LogP contribution in [-0.2, 0) is 9.47 Å². The van der Waals surface area contributed by atoms with Crippen molar-refractivity contribution >= 4 is 29.4 Å². The Balaban J connectivity index is 2.65. The summed E-state index contributed by atoms with van der Waals surface area (Å²) < 4.78 is 10.6. The second kappa shape index (κ2) is 10.1. The summed E-state index contributed by atoms with van der Waals surface area (Å²) in [7, 11) is 0. The van der Waals surface area contributed by atoms with Gasteiger partial charge in [-0.2, -0.15) is 0 Å². The van der Waals surface area contributed by atoms with Crippen molar-refractivity contribution in [2.75, 3.05) is 19.6 Å². The van der Waals surface area contributed by atoms with E-state index in [1.54, 1.807) is 0 Å². The van der Waals surface area contributed by atoms with Gasteiger partial charge in [0.1, 0.15) is 16.2 Å². The third kappa shape index (κ3) is 10.4. The molecule has 0 saturated carbocycles. The SMILES string of the molecule is CC(C)(C)OC(=O)NCC[C@H](NC(=O)OC(C)(C)C)C(=S)N1CCCCC1. The Kier molecular flexibility index (Phi) is 8.78. The molecule has 0 radical (unpaired) electrons. The van der Waals surface area contributed by atoms with Crippen molar-refractivity contribution in [2.24, 2.45) is 0 Å². The second-order valence-electron chi connectivity index (χ2n) is 8.80. The van der Waals surface area contributed by atoms with Crippen LogP contribution in [0.25, 0.3) is 0 Å². The van der Waals surface area contributed by atoms with Gasteiger partial charge in [0, 0.05) is 19.6 Å². The first-order valence-corrected chi connectivity index (χ1v) is 10.0. The predicted molar refractivity (Wildman–Crippen MR) is 110 cm³/mol. The van der Waals surface area contributed by atoms with E-state index in [2.05, 4.69) is 15.5 Å². The van der Waals surface area contributed by atoms with E-state index in [1.807, 2.05) is 41.5 Å². The fourth-order valence-corrected chi connectivity index (χ4v) is 3.03. The number of rotatable bonds is 5. The lowest BCUT2D eigenvalue weighted by molar-refractivity contribution is 0.0512. The predicted octanol–water partition coefficient (Wildman–Crippen LogP) is 3.61. The van der Waals surface area contributed by atoms with Gasteiger partial charge in [-0.25, -0.2) is 9.59 Å². The lowest BCUT2D eigenvalue weighted by Crippen LogP contribution is -2.51. The Labute approximate surface area is 168 Å². The molecular formula is C19H35N3O4S. The quantitative estimate of drug-likeness (QED) is 0.685. The molecule has 0 spiro atoms. The molecule has 0 bridgehead atoms. The number of nitrogens with one attached hydrogen (secondary N) is 2. The molecule has 2 N–H and O–H groups in total. The van der Waals surface area contributed by atoms with E-state index in [9.17, 15) is 9.59 Å². The highest BCUT2D eigenvalue weighted by atomic mass is 32.1. The third-order valence-electron chi connectivity index (χ3n) is 3.76. The van der Waals surface area contributed by atoms with E-state index >= 15 is 0 Å². The zero-order valence-corrected chi connectivity index (χ0v) is 18.3. The van der Waals surface area contributed by atoms with Crippen molar-refractivity contribution in [1.82, 2.24) is 15.5 Å². The highest BCUT2D eigenvalue weighted by molar-refractivity contribution is 7.80. The molecule has 7 nitrogen and oxygen atoms in total. The number of hydrogen-bond acceptors (Lipinski definition) is 5. The summed E-state index contributed by atoms with van der Waals surface area (Å²) in [5, 5.41) is 5.57. The van der Waals surface area contributed by atoms with Gasteiger partial charge in [0.05, 0.1) is 6.04 Å². The molecule has 1 heterocycles. The van der Waals surface area contributed by atoms with Gasteiger partial charge in [-0.3, -0.25) is 0 Å². The number of nitrogens with zero attached hydrogens (tertiary/aromatic N) is 1. The van der Waals surface area contributed by atoms with Crippen LogP contribution in [0.5, 0.6) is 0 Å². The van der Waals surface area contributed by atoms with Crippen LogP contribution < -0.4 is 10.6 Å². The summed E-state index contributed by atoms with van der Waals surface area (Å²) in [4.78, 5) is 26.9. The summed E-state index contributed by atoms with van der Waals surface area (Å²) in [5.74, 6) is 0. The molecule has 8 heteroatoms. The molecule has 2 amide bonds. The first-order valence-electron chi connectivity index (χ1n) is 9.62. The van der Waals surface area contributed by atoms with Gasteiger partial charge in [-0.1, -0.05) is 12.2 Å². The minimum atomic E-state index is -0.587. The first kappa shape index (κ1) is 23.5. The van der Waals surface area contributed by atoms with Crippen molar-refractivity contribution in [3.63, 3.8) is 0 Å². The van der Waals surface area contributed by atoms with Crippen molar-refractivity contribution in [1.29, 1.82) is 0 Å². The number of thiocarbonyl (C=S) groups is 1. The van der Waals surface area contributed by atoms with Crippen LogP contribution in [0.2, 0.25) is 0 Å². The fraction of sp³-hybridized carbons (Fsp3) is 0.842. The van der Waals surface area contributed by atoms with E-state index in [0.29, 0.717) is 18.0 Å². The van der Waals surface area contributed by atoms with Gasteiger partial charge in [-0.15, -0.1) is 0 Å². The molecule has 1 fully saturated rings.